The van der Waals surface area contributed by atoms with Crippen LogP contribution in [0.2, 0.25) is 0 Å². The van der Waals surface area contributed by atoms with Gasteiger partial charge in [0.05, 0.1) is 45.7 Å². The van der Waals surface area contributed by atoms with E-state index in [1.807, 2.05) is 0 Å². The lowest BCUT2D eigenvalue weighted by Gasteiger charge is -2.36. The van der Waals surface area contributed by atoms with Crippen molar-refractivity contribution < 1.29 is 105 Å². The van der Waals surface area contributed by atoms with E-state index < -0.39 is 109 Å². The van der Waals surface area contributed by atoms with Crippen molar-refractivity contribution in [1.82, 2.24) is 30.2 Å². The van der Waals surface area contributed by atoms with Crippen LogP contribution < -0.4 is 35.9 Å². The Kier molecular flexibility index (Phi) is 25.8. The Morgan fingerprint density at radius 3 is 2.23 bits per heavy atom. The molecule has 2 aliphatic rings. The number of nitrogens with one attached hydrogen (secondary N) is 2. The molecule has 9 N–H and O–H groups in total. The van der Waals surface area contributed by atoms with Crippen LogP contribution in [0, 0.1) is 5.41 Å². The van der Waals surface area contributed by atoms with E-state index in [0.717, 1.165) is 86.8 Å². The highest BCUT2D eigenvalue weighted by Gasteiger charge is 2.47. The first-order chi connectivity index (χ1) is 34.7. The molecule has 0 aliphatic carbocycles. The Labute approximate surface area is 431 Å². The number of aliphatic hydroxyl groups excluding tert-OH is 5. The molecule has 424 valence electrons. The maximum Gasteiger partial charge on any atom is 0.274 e. The fourth-order valence-corrected chi connectivity index (χ4v) is 11.1. The van der Waals surface area contributed by atoms with Crippen LogP contribution in [0.3, 0.4) is 0 Å². The first-order valence-electron chi connectivity index (χ1n) is 24.0. The van der Waals surface area contributed by atoms with Gasteiger partial charge >= 0.3 is 0 Å². The molecule has 2 amide bonds. The van der Waals surface area contributed by atoms with Gasteiger partial charge in [0.15, 0.2) is 29.1 Å². The lowest BCUT2D eigenvalue weighted by Crippen LogP contribution is -2.47. The second-order valence-electron chi connectivity index (χ2n) is 18.5. The number of nitrogens with zero attached hydrogens (tertiary/aromatic N) is 4. The number of hydrogen-bond acceptors (Lipinski definition) is 27. The summed E-state index contributed by atoms with van der Waals surface area (Å²) in [5.74, 6) is -1.40. The van der Waals surface area contributed by atoms with E-state index in [2.05, 4.69) is 43.5 Å². The molecule has 0 bridgehead atoms. The highest BCUT2D eigenvalue weighted by atomic mass is 32.2. The number of carbonyl (C=O) groups excluding carboxylic acids is 3. The van der Waals surface area contributed by atoms with Crippen molar-refractivity contribution >= 4 is 69.1 Å². The highest BCUT2D eigenvalue weighted by molar-refractivity contribution is 8.13. The number of unbranched alkanes of at least 4 members (excludes halogenated alkanes) is 8. The number of fused-ring (bicyclic) bond motifs is 1. The van der Waals surface area contributed by atoms with Crippen molar-refractivity contribution in [2.45, 2.75) is 166 Å². The summed E-state index contributed by atoms with van der Waals surface area (Å²) in [4.78, 5) is 97.1. The number of amides is 2. The van der Waals surface area contributed by atoms with Crippen LogP contribution in [0.5, 0.6) is 0 Å². The molecule has 0 aromatic carbocycles. The minimum absolute atomic E-state index is 0.0263. The maximum atomic E-state index is 12.7. The van der Waals surface area contributed by atoms with Crippen LogP contribution in [0.15, 0.2) is 12.7 Å². The van der Waals surface area contributed by atoms with Gasteiger partial charge in [0.2, 0.25) is 11.8 Å². The zero-order valence-electron chi connectivity index (χ0n) is 41.2. The molecule has 0 radical (unpaired) electrons. The van der Waals surface area contributed by atoms with Crippen LogP contribution >= 0.6 is 35.2 Å². The quantitative estimate of drug-likeness (QED) is 0.0297. The molecule has 74 heavy (non-hydrogen) atoms. The largest absolute Gasteiger partial charge is 0.790 e. The molecule has 0 spiro atoms. The number of aliphatic hydroxyl groups is 5. The molecular formula is C41H68N7O22P3S-4. The average molecular weight is 1140 g/mol. The van der Waals surface area contributed by atoms with Crippen molar-refractivity contribution in [2.75, 3.05) is 44.4 Å². The molecule has 0 saturated carbocycles. The third-order valence-corrected chi connectivity index (χ3v) is 15.7. The van der Waals surface area contributed by atoms with Crippen LogP contribution in [0.25, 0.3) is 11.2 Å². The van der Waals surface area contributed by atoms with Gasteiger partial charge in [0.25, 0.3) is 15.6 Å². The number of phosphoric ester groups is 3. The summed E-state index contributed by atoms with van der Waals surface area (Å²) < 4.78 is 72.0. The van der Waals surface area contributed by atoms with E-state index >= 15 is 0 Å². The highest BCUT2D eigenvalue weighted by Crippen LogP contribution is 2.56. The maximum absolute atomic E-state index is 12.7. The Morgan fingerprint density at radius 1 is 0.905 bits per heavy atom. The van der Waals surface area contributed by atoms with Gasteiger partial charge in [0.1, 0.15) is 42.4 Å². The minimum atomic E-state index is -5.94. The SMILES string of the molecule is C[C@@H]1O[C@@H](OCCCCCCCCCCC[C@@H](O)CC(=O)SCCNC(=O)CCNC(=O)[C@H](O)C(C)(C)COP(=O)([O-])OP(=O)([O-])OC[C@H]2O[C@@H](n3cnc4c(N)ncnc43)[C@H](O)[C@@H]2OP(=O)([O-])[O-])[C@H](O)C[C@H]1O. The molecule has 2 fully saturated rings. The molecule has 2 aromatic rings. The zero-order valence-corrected chi connectivity index (χ0v) is 44.7. The second kappa shape index (κ2) is 29.9. The first kappa shape index (κ1) is 63.9. The van der Waals surface area contributed by atoms with Gasteiger partial charge in [-0.3, -0.25) is 28.1 Å². The molecule has 4 rings (SSSR count). The predicted molar refractivity (Wildman–Crippen MR) is 252 cm³/mol. The van der Waals surface area contributed by atoms with Gasteiger partial charge < -0.3 is 93.8 Å². The number of nitrogens with two attached hydrogens (primary N) is 1. The number of hydrogen-bond donors (Lipinski definition) is 8. The number of rotatable bonds is 34. The van der Waals surface area contributed by atoms with Gasteiger partial charge in [-0.05, 0) is 19.8 Å². The normalized spacial score (nSPS) is 25.0. The number of anilines is 1. The smallest absolute Gasteiger partial charge is 0.274 e. The topological polar surface area (TPSA) is 454 Å². The summed E-state index contributed by atoms with van der Waals surface area (Å²) in [5.41, 5.74) is 4.03. The number of thioether (sulfide) groups is 1. The fraction of sp³-hybridized carbons (Fsp3) is 0.805. The van der Waals surface area contributed by atoms with Crippen LogP contribution in [0.4, 0.5) is 5.82 Å². The van der Waals surface area contributed by atoms with Crippen molar-refractivity contribution in [1.29, 1.82) is 0 Å². The third kappa shape index (κ3) is 21.6. The molecule has 33 heteroatoms. The van der Waals surface area contributed by atoms with Gasteiger partial charge in [-0.25, -0.2) is 19.3 Å². The standard InChI is InChI=1S/C41H72N7O22P3S/c1-25-27(50)20-28(51)40(67-25)64-17-12-10-8-6-4-5-7-9-11-13-26(49)19-31(53)74-18-16-43-30(52)14-15-44-38(56)35(55)41(2,3)22-66-73(62,63)70-72(60,61)65-21-29-34(69-71(57,58)59)33(54)39(68-29)48-24-47-32-36(42)45-23-46-37(32)48/h23-29,33-35,39-40,49-51,54-55H,4-22H2,1-3H3,(H,43,52)(H,44,56)(H,60,61)(H,62,63)(H2,42,45,46)(H2,57,58,59)/p-4/t25-,26+,27+,28+,29+,33+,34+,35-,39+,40+/m0/s1. The summed E-state index contributed by atoms with van der Waals surface area (Å²) in [6.45, 7) is 2.15. The summed E-state index contributed by atoms with van der Waals surface area (Å²) in [5, 5.41) is 56.2. The number of phosphoric acid groups is 3. The van der Waals surface area contributed by atoms with Gasteiger partial charge in [-0.2, -0.15) is 0 Å². The Bertz CT molecular complexity index is 2250. The molecule has 2 saturated heterocycles. The van der Waals surface area contributed by atoms with E-state index in [1.54, 1.807) is 6.92 Å². The number of aromatic nitrogens is 4. The van der Waals surface area contributed by atoms with Crippen LogP contribution in [0.1, 0.15) is 110 Å². The van der Waals surface area contributed by atoms with E-state index in [0.29, 0.717) is 13.0 Å². The first-order valence-corrected chi connectivity index (χ1v) is 29.3. The summed E-state index contributed by atoms with van der Waals surface area (Å²) in [6, 6.07) is 0. The Balaban J connectivity index is 1.03. The zero-order chi connectivity index (χ0) is 54.9. The van der Waals surface area contributed by atoms with Gasteiger partial charge in [-0.15, -0.1) is 0 Å². The molecule has 4 heterocycles. The van der Waals surface area contributed by atoms with Gasteiger partial charge in [-0.1, -0.05) is 77.0 Å². The van der Waals surface area contributed by atoms with E-state index in [4.69, 9.17) is 19.9 Å². The lowest BCUT2D eigenvalue weighted by molar-refractivity contribution is -0.347. The molecule has 12 atom stereocenters. The number of ether oxygens (including phenoxy) is 3. The van der Waals surface area contributed by atoms with Crippen molar-refractivity contribution in [3.63, 3.8) is 0 Å². The molecule has 2 unspecified atom stereocenters. The van der Waals surface area contributed by atoms with Gasteiger partial charge in [0, 0.05) is 50.1 Å². The number of carbonyl (C=O) groups is 3. The third-order valence-electron chi connectivity index (χ3n) is 11.8. The van der Waals surface area contributed by atoms with Crippen molar-refractivity contribution in [2.24, 2.45) is 5.41 Å². The van der Waals surface area contributed by atoms with E-state index in [9.17, 15) is 73.2 Å². The van der Waals surface area contributed by atoms with Crippen molar-refractivity contribution in [3.05, 3.63) is 12.7 Å². The van der Waals surface area contributed by atoms with Crippen LogP contribution in [-0.4, -0.2) is 156 Å². The summed E-state index contributed by atoms with van der Waals surface area (Å²) in [6.07, 6.45) is -1.45. The molecule has 2 aliphatic heterocycles. The summed E-state index contributed by atoms with van der Waals surface area (Å²) >= 11 is 0.960. The minimum Gasteiger partial charge on any atom is -0.790 e. The lowest BCUT2D eigenvalue weighted by atomic mass is 9.87. The molecular weight excluding hydrogens is 1070 g/mol. The van der Waals surface area contributed by atoms with E-state index in [-0.39, 0.29) is 66.3 Å². The average Bonchev–Trinajstić information content (AvgIpc) is 3.87. The Morgan fingerprint density at radius 2 is 1.55 bits per heavy atom. The monoisotopic (exact) mass is 1140 g/mol. The van der Waals surface area contributed by atoms with Crippen molar-refractivity contribution in [3.8, 4) is 0 Å². The molecule has 29 nitrogen and oxygen atoms in total. The predicted octanol–water partition coefficient (Wildman–Crippen LogP) is -1.34. The number of imidazole rings is 1. The Hall–Kier alpha value is -2.64. The second-order valence-corrected chi connectivity index (χ2v) is 23.7. The summed E-state index contributed by atoms with van der Waals surface area (Å²) in [7, 11) is -17.7. The fourth-order valence-electron chi connectivity index (χ4n) is 7.64. The van der Waals surface area contributed by atoms with E-state index in [1.165, 1.54) is 13.8 Å². The van der Waals surface area contributed by atoms with Crippen LogP contribution in [-0.2, 0) is 60.2 Å². The molecule has 2 aromatic heterocycles. The number of nitrogen functional groups attached to an aromatic ring is 1.